The third-order valence-corrected chi connectivity index (χ3v) is 14.3. The van der Waals surface area contributed by atoms with E-state index in [2.05, 4.69) is 32.9 Å². The van der Waals surface area contributed by atoms with Crippen LogP contribution in [0.25, 0.3) is 0 Å². The van der Waals surface area contributed by atoms with Crippen molar-refractivity contribution in [2.24, 2.45) is 0 Å². The number of carboxylic acid groups (broad SMARTS) is 1. The van der Waals surface area contributed by atoms with Crippen LogP contribution in [0.4, 0.5) is 0 Å². The van der Waals surface area contributed by atoms with Crippen LogP contribution >= 0.6 is 0 Å². The number of carbonyl (C=O) groups is 4. The number of aliphatic hydroxyl groups is 2. The summed E-state index contributed by atoms with van der Waals surface area (Å²) in [5.41, 5.74) is 0. The lowest BCUT2D eigenvalue weighted by molar-refractivity contribution is -0.301. The molecule has 6 unspecified atom stereocenters. The minimum absolute atomic E-state index is 0.0678. The van der Waals surface area contributed by atoms with E-state index in [0.717, 1.165) is 77.0 Å². The van der Waals surface area contributed by atoms with E-state index in [1.165, 1.54) is 167 Å². The Morgan fingerprint density at radius 1 is 0.438 bits per heavy atom. The molecule has 1 fully saturated rings. The fourth-order valence-corrected chi connectivity index (χ4v) is 9.59. The molecule has 0 saturated carbocycles. The summed E-state index contributed by atoms with van der Waals surface area (Å²) in [6.45, 7) is 5.99. The van der Waals surface area contributed by atoms with Gasteiger partial charge in [-0.25, -0.2) is 4.79 Å². The highest BCUT2D eigenvalue weighted by Crippen LogP contribution is 2.27. The van der Waals surface area contributed by atoms with Crippen molar-refractivity contribution in [1.29, 1.82) is 0 Å². The topological polar surface area (TPSA) is 175 Å². The minimum atomic E-state index is -1.90. The maximum atomic E-state index is 13.1. The number of carbonyl (C=O) groups excluding carboxylic acids is 3. The van der Waals surface area contributed by atoms with Gasteiger partial charge in [0.1, 0.15) is 18.8 Å². The Morgan fingerprint density at radius 3 is 1.21 bits per heavy atom. The standard InChI is InChI=1S/C61H112O12/c1-4-7-10-13-16-19-22-24-26-27-29-30-33-35-38-41-44-47-53(62)69-50-52(71-54(63)48-45-42-39-36-32-21-18-15-12-9-6-3)51-70-61-59(57(66)56(65)58(73-61)60(67)68)72-55(64)49-46-43-40-37-34-31-28-25-23-20-17-14-11-8-5-2/h15,18,52,56-59,61,65-66H,4-14,16-17,19-51H2,1-3H3,(H,67,68)/b18-15-. The van der Waals surface area contributed by atoms with Crippen LogP contribution in [-0.4, -0.2) is 89.2 Å². The average molecular weight is 1040 g/mol. The average Bonchev–Trinajstić information content (AvgIpc) is 3.37. The summed E-state index contributed by atoms with van der Waals surface area (Å²) < 4.78 is 28.4. The summed E-state index contributed by atoms with van der Waals surface area (Å²) in [6.07, 6.45) is 43.3. The van der Waals surface area contributed by atoms with Gasteiger partial charge in [0.2, 0.25) is 0 Å². The highest BCUT2D eigenvalue weighted by molar-refractivity contribution is 5.74. The van der Waals surface area contributed by atoms with E-state index in [0.29, 0.717) is 19.3 Å². The Bertz CT molecular complexity index is 1320. The zero-order valence-corrected chi connectivity index (χ0v) is 47.2. The van der Waals surface area contributed by atoms with Crippen LogP contribution in [-0.2, 0) is 42.9 Å². The lowest BCUT2D eigenvalue weighted by atomic mass is 9.98. The first kappa shape index (κ1) is 68.5. The quantitative estimate of drug-likeness (QED) is 0.0228. The number of ether oxygens (including phenoxy) is 5. The van der Waals surface area contributed by atoms with Gasteiger partial charge in [-0.05, 0) is 38.5 Å². The minimum Gasteiger partial charge on any atom is -0.479 e. The molecule has 0 aromatic rings. The molecular weight excluding hydrogens is 925 g/mol. The Labute approximate surface area is 446 Å². The molecule has 1 rings (SSSR count). The molecule has 6 atom stereocenters. The van der Waals surface area contributed by atoms with E-state index >= 15 is 0 Å². The molecule has 428 valence electrons. The number of rotatable bonds is 53. The summed E-state index contributed by atoms with van der Waals surface area (Å²) in [6, 6.07) is 0. The van der Waals surface area contributed by atoms with E-state index in [1.54, 1.807) is 0 Å². The molecule has 1 saturated heterocycles. The molecule has 0 aromatic heterocycles. The molecule has 12 heteroatoms. The highest BCUT2D eigenvalue weighted by atomic mass is 16.7. The van der Waals surface area contributed by atoms with Gasteiger partial charge in [0, 0.05) is 19.3 Å². The predicted molar refractivity (Wildman–Crippen MR) is 294 cm³/mol. The third-order valence-electron chi connectivity index (χ3n) is 14.3. The van der Waals surface area contributed by atoms with Crippen molar-refractivity contribution in [2.45, 2.75) is 340 Å². The number of carboxylic acids is 1. The summed E-state index contributed by atoms with van der Waals surface area (Å²) in [5, 5.41) is 31.5. The van der Waals surface area contributed by atoms with Crippen molar-refractivity contribution in [3.05, 3.63) is 12.2 Å². The number of unbranched alkanes of at least 4 members (excludes halogenated alkanes) is 37. The van der Waals surface area contributed by atoms with Gasteiger partial charge in [-0.3, -0.25) is 14.4 Å². The molecule has 0 radical (unpaired) electrons. The van der Waals surface area contributed by atoms with Crippen molar-refractivity contribution in [3.8, 4) is 0 Å². The molecule has 0 aliphatic carbocycles. The van der Waals surface area contributed by atoms with Crippen LogP contribution in [0, 0.1) is 0 Å². The molecule has 1 heterocycles. The first-order valence-electron chi connectivity index (χ1n) is 30.7. The van der Waals surface area contributed by atoms with E-state index in [-0.39, 0.29) is 25.9 Å². The van der Waals surface area contributed by atoms with Gasteiger partial charge >= 0.3 is 23.9 Å². The monoisotopic (exact) mass is 1040 g/mol. The van der Waals surface area contributed by atoms with Crippen LogP contribution in [0.15, 0.2) is 12.2 Å². The van der Waals surface area contributed by atoms with Crippen molar-refractivity contribution < 1.29 is 58.2 Å². The summed E-state index contributed by atoms with van der Waals surface area (Å²) in [7, 11) is 0. The zero-order valence-electron chi connectivity index (χ0n) is 47.2. The summed E-state index contributed by atoms with van der Waals surface area (Å²) >= 11 is 0. The maximum Gasteiger partial charge on any atom is 0.335 e. The molecule has 73 heavy (non-hydrogen) atoms. The SMILES string of the molecule is CCCC/C=C\CCCCCCCC(=O)OC(COC(=O)CCCCCCCCCCCCCCCCCCC)COC1OC(C(=O)O)C(O)C(O)C1OC(=O)CCCCCCCCCCCCCCCCC. The molecular formula is C61H112O12. The normalized spacial score (nSPS) is 18.3. The number of hydrogen-bond acceptors (Lipinski definition) is 11. The number of aliphatic carboxylic acids is 1. The summed E-state index contributed by atoms with van der Waals surface area (Å²) in [4.78, 5) is 51.1. The van der Waals surface area contributed by atoms with Crippen molar-refractivity contribution >= 4 is 23.9 Å². The Hall–Kier alpha value is -2.54. The molecule has 12 nitrogen and oxygen atoms in total. The predicted octanol–water partition coefficient (Wildman–Crippen LogP) is 15.7. The number of esters is 3. The Balaban J connectivity index is 2.63. The van der Waals surface area contributed by atoms with Gasteiger partial charge < -0.3 is 39.0 Å². The first-order valence-corrected chi connectivity index (χ1v) is 30.7. The zero-order chi connectivity index (χ0) is 53.3. The van der Waals surface area contributed by atoms with Crippen LogP contribution in [0.2, 0.25) is 0 Å². The van der Waals surface area contributed by atoms with E-state index in [9.17, 15) is 34.5 Å². The van der Waals surface area contributed by atoms with Crippen LogP contribution in [0.3, 0.4) is 0 Å². The number of hydrogen-bond donors (Lipinski definition) is 3. The van der Waals surface area contributed by atoms with E-state index in [1.807, 2.05) is 0 Å². The largest absolute Gasteiger partial charge is 0.479 e. The lowest BCUT2D eigenvalue weighted by Crippen LogP contribution is -2.61. The van der Waals surface area contributed by atoms with Gasteiger partial charge in [0.05, 0.1) is 6.61 Å². The highest BCUT2D eigenvalue weighted by Gasteiger charge is 2.50. The smallest absolute Gasteiger partial charge is 0.335 e. The number of allylic oxidation sites excluding steroid dienone is 2. The molecule has 3 N–H and O–H groups in total. The molecule has 1 aliphatic heterocycles. The second-order valence-corrected chi connectivity index (χ2v) is 21.4. The summed E-state index contributed by atoms with van der Waals surface area (Å²) in [5.74, 6) is -3.09. The van der Waals surface area contributed by atoms with E-state index < -0.39 is 67.3 Å². The van der Waals surface area contributed by atoms with Gasteiger partial charge in [-0.15, -0.1) is 0 Å². The third kappa shape index (κ3) is 40.4. The van der Waals surface area contributed by atoms with Gasteiger partial charge in [0.15, 0.2) is 24.6 Å². The van der Waals surface area contributed by atoms with Crippen molar-refractivity contribution in [1.82, 2.24) is 0 Å². The van der Waals surface area contributed by atoms with Crippen LogP contribution in [0.1, 0.15) is 303 Å². The van der Waals surface area contributed by atoms with Crippen LogP contribution < -0.4 is 0 Å². The molecule has 0 amide bonds. The van der Waals surface area contributed by atoms with Gasteiger partial charge in [-0.2, -0.15) is 0 Å². The second-order valence-electron chi connectivity index (χ2n) is 21.4. The van der Waals surface area contributed by atoms with Gasteiger partial charge in [-0.1, -0.05) is 258 Å². The van der Waals surface area contributed by atoms with E-state index in [4.69, 9.17) is 23.7 Å². The molecule has 1 aliphatic rings. The fourth-order valence-electron chi connectivity index (χ4n) is 9.59. The first-order chi connectivity index (χ1) is 35.6. The molecule has 0 aromatic carbocycles. The second kappa shape index (κ2) is 50.3. The van der Waals surface area contributed by atoms with Crippen molar-refractivity contribution in [2.75, 3.05) is 13.2 Å². The van der Waals surface area contributed by atoms with Gasteiger partial charge in [0.25, 0.3) is 0 Å². The molecule has 0 spiro atoms. The Kier molecular flexibility index (Phi) is 47.2. The Morgan fingerprint density at radius 2 is 0.795 bits per heavy atom. The fraction of sp³-hybridized carbons (Fsp3) is 0.902. The van der Waals surface area contributed by atoms with Crippen LogP contribution in [0.5, 0.6) is 0 Å². The maximum absolute atomic E-state index is 13.1. The van der Waals surface area contributed by atoms with Crippen molar-refractivity contribution in [3.63, 3.8) is 0 Å². The lowest BCUT2D eigenvalue weighted by Gasteiger charge is -2.40. The molecule has 0 bridgehead atoms. The number of aliphatic hydroxyl groups excluding tert-OH is 2.